The predicted octanol–water partition coefficient (Wildman–Crippen LogP) is 7.34. The van der Waals surface area contributed by atoms with Gasteiger partial charge in [-0.25, -0.2) is 0 Å². The standard InChI is InChI=1S/C12H26S.F6P/c1-3-5-7-9-11-13-12-10-8-6-4-2;1-7(2,3,4,5)6/h3-12H2,1-2H3;/q;-1/p+1. The Hall–Kier alpha value is 0.360. The quantitative estimate of drug-likeness (QED) is 0.127. The van der Waals surface area contributed by atoms with Crippen molar-refractivity contribution in [3.8, 4) is 0 Å². The first-order valence-electron chi connectivity index (χ1n) is 7.06. The third-order valence-corrected chi connectivity index (χ3v) is 3.60. The fraction of sp³-hybridized carbons (Fsp3) is 1.00. The summed E-state index contributed by atoms with van der Waals surface area (Å²) in [5.41, 5.74) is 0. The van der Waals surface area contributed by atoms with Gasteiger partial charge in [0.05, 0.1) is 0 Å². The van der Waals surface area contributed by atoms with Crippen molar-refractivity contribution >= 4 is 19.6 Å². The number of hydrogen-bond donors (Lipinski definition) is 0. The molecule has 0 fully saturated rings. The van der Waals surface area contributed by atoms with Gasteiger partial charge in [-0.2, -0.15) is 0 Å². The van der Waals surface area contributed by atoms with Crippen LogP contribution < -0.4 is 0 Å². The van der Waals surface area contributed by atoms with Crippen LogP contribution in [-0.4, -0.2) is 11.5 Å². The van der Waals surface area contributed by atoms with Crippen LogP contribution in [-0.2, 0) is 11.8 Å². The van der Waals surface area contributed by atoms with E-state index in [2.05, 4.69) is 13.8 Å². The first kappa shape index (κ1) is 22.6. The number of halogens is 6. The molecule has 0 aliphatic heterocycles. The second kappa shape index (κ2) is 9.39. The van der Waals surface area contributed by atoms with Crippen molar-refractivity contribution in [3.63, 3.8) is 0 Å². The second-order valence-corrected chi connectivity index (χ2v) is 8.01. The number of unbranched alkanes of at least 4 members (excludes halogenated alkanes) is 6. The zero-order chi connectivity index (χ0) is 16.2. The Labute approximate surface area is 122 Å². The Kier molecular flexibility index (Phi) is 10.6. The van der Waals surface area contributed by atoms with Gasteiger partial charge in [0.25, 0.3) is 0 Å². The van der Waals surface area contributed by atoms with Crippen molar-refractivity contribution in [2.45, 2.75) is 65.2 Å². The summed E-state index contributed by atoms with van der Waals surface area (Å²) in [7, 11) is -10.7. The summed E-state index contributed by atoms with van der Waals surface area (Å²) < 4.78 is 59.2. The molecule has 0 N–H and O–H groups in total. The van der Waals surface area contributed by atoms with E-state index in [1.54, 1.807) is 11.8 Å². The van der Waals surface area contributed by atoms with Gasteiger partial charge in [0.15, 0.2) is 0 Å². The SMILES string of the molecule is CCCCCC[SH+]CCCCCC.F[P-](F)(F)(F)(F)F. The van der Waals surface area contributed by atoms with Gasteiger partial charge in [0, 0.05) is 0 Å². The van der Waals surface area contributed by atoms with E-state index in [0.717, 1.165) is 0 Å². The van der Waals surface area contributed by atoms with Crippen molar-refractivity contribution in [2.75, 3.05) is 11.5 Å². The topological polar surface area (TPSA) is 0 Å². The number of hydrogen-bond acceptors (Lipinski definition) is 0. The predicted molar refractivity (Wildman–Crippen MR) is 80.3 cm³/mol. The van der Waals surface area contributed by atoms with E-state index in [0.29, 0.717) is 0 Å². The van der Waals surface area contributed by atoms with E-state index in [1.165, 1.54) is 62.9 Å². The maximum absolute atomic E-state index is 10.7. The molecule has 0 aromatic carbocycles. The van der Waals surface area contributed by atoms with Gasteiger partial charge < -0.3 is 0 Å². The molecule has 0 rings (SSSR count). The molecule has 0 radical (unpaired) electrons. The molecule has 0 saturated heterocycles. The van der Waals surface area contributed by atoms with Crippen molar-refractivity contribution in [3.05, 3.63) is 0 Å². The molecule has 0 aromatic heterocycles. The zero-order valence-electron chi connectivity index (χ0n) is 12.2. The van der Waals surface area contributed by atoms with E-state index in [4.69, 9.17) is 0 Å². The first-order valence-corrected chi connectivity index (χ1v) is 10.4. The second-order valence-electron chi connectivity index (χ2n) is 4.75. The van der Waals surface area contributed by atoms with Crippen molar-refractivity contribution in [2.24, 2.45) is 0 Å². The zero-order valence-corrected chi connectivity index (χ0v) is 14.0. The molecule has 0 saturated carbocycles. The molecule has 0 nitrogen and oxygen atoms in total. The van der Waals surface area contributed by atoms with Crippen LogP contribution in [0.4, 0.5) is 25.2 Å². The monoisotopic (exact) mass is 348 g/mol. The molecule has 20 heavy (non-hydrogen) atoms. The van der Waals surface area contributed by atoms with Crippen molar-refractivity contribution in [1.82, 2.24) is 0 Å². The van der Waals surface area contributed by atoms with E-state index in [1.807, 2.05) is 0 Å². The summed E-state index contributed by atoms with van der Waals surface area (Å²) in [5.74, 6) is 2.90. The van der Waals surface area contributed by atoms with Gasteiger partial charge in [-0.1, -0.05) is 39.5 Å². The third kappa shape index (κ3) is 51.6. The molecule has 0 unspecified atom stereocenters. The Bertz CT molecular complexity index is 204. The molecule has 0 spiro atoms. The van der Waals surface area contributed by atoms with Crippen LogP contribution in [0.5, 0.6) is 0 Å². The van der Waals surface area contributed by atoms with E-state index in [9.17, 15) is 25.2 Å². The van der Waals surface area contributed by atoms with Crippen LogP contribution in [0.3, 0.4) is 0 Å². The molecule has 0 aliphatic carbocycles. The minimum absolute atomic E-state index is 1.37. The molecule has 0 aliphatic rings. The number of rotatable bonds is 10. The van der Waals surface area contributed by atoms with Gasteiger partial charge in [0.1, 0.15) is 11.5 Å². The van der Waals surface area contributed by atoms with Crippen LogP contribution >= 0.6 is 7.81 Å². The molecule has 128 valence electrons. The summed E-state index contributed by atoms with van der Waals surface area (Å²) >= 11 is 1.70. The van der Waals surface area contributed by atoms with Gasteiger partial charge in [-0.15, -0.1) is 0 Å². The average molecular weight is 348 g/mol. The minimum atomic E-state index is -10.7. The summed E-state index contributed by atoms with van der Waals surface area (Å²) in [6.07, 6.45) is 11.4. The van der Waals surface area contributed by atoms with Gasteiger partial charge >= 0.3 is 33.0 Å². The Balaban J connectivity index is 0. The van der Waals surface area contributed by atoms with Gasteiger partial charge in [0.2, 0.25) is 0 Å². The summed E-state index contributed by atoms with van der Waals surface area (Å²) in [4.78, 5) is 0. The fourth-order valence-corrected chi connectivity index (χ4v) is 2.53. The fourth-order valence-electron chi connectivity index (χ4n) is 1.41. The van der Waals surface area contributed by atoms with E-state index >= 15 is 0 Å². The third-order valence-electron chi connectivity index (χ3n) is 2.34. The van der Waals surface area contributed by atoms with Crippen molar-refractivity contribution in [1.29, 1.82) is 0 Å². The molecular weight excluding hydrogens is 321 g/mol. The number of thiol groups is 1. The summed E-state index contributed by atoms with van der Waals surface area (Å²) in [5, 5.41) is 0. The van der Waals surface area contributed by atoms with Crippen LogP contribution in [0.2, 0.25) is 0 Å². The summed E-state index contributed by atoms with van der Waals surface area (Å²) in [6, 6.07) is 0. The molecule has 0 bridgehead atoms. The average Bonchev–Trinajstić information content (AvgIpc) is 2.23. The van der Waals surface area contributed by atoms with E-state index < -0.39 is 7.81 Å². The molecule has 8 heteroatoms. The van der Waals surface area contributed by atoms with Crippen LogP contribution in [0.1, 0.15) is 65.2 Å². The first-order chi connectivity index (χ1) is 8.86. The molecule has 0 aromatic rings. The van der Waals surface area contributed by atoms with Crippen molar-refractivity contribution < 1.29 is 25.2 Å². The molecule has 0 heterocycles. The van der Waals surface area contributed by atoms with Crippen LogP contribution in [0, 0.1) is 0 Å². The maximum atomic E-state index is 9.87. The van der Waals surface area contributed by atoms with E-state index in [-0.39, 0.29) is 0 Å². The Morgan fingerprint density at radius 1 is 0.600 bits per heavy atom. The molecule has 0 atom stereocenters. The molecular formula is C12H27F6PS. The summed E-state index contributed by atoms with van der Waals surface area (Å²) in [6.45, 7) is 4.56. The molecule has 0 amide bonds. The van der Waals surface area contributed by atoms with Crippen LogP contribution in [0.25, 0.3) is 0 Å². The van der Waals surface area contributed by atoms with Gasteiger partial charge in [-0.3, -0.25) is 0 Å². The Morgan fingerprint density at radius 3 is 1.15 bits per heavy atom. The normalized spacial score (nSPS) is 15.0. The Morgan fingerprint density at radius 2 is 0.900 bits per heavy atom. The van der Waals surface area contributed by atoms with Crippen LogP contribution in [0.15, 0.2) is 0 Å². The van der Waals surface area contributed by atoms with Gasteiger partial charge in [-0.05, 0) is 37.4 Å².